The van der Waals surface area contributed by atoms with Gasteiger partial charge in [-0.15, -0.1) is 0 Å². The monoisotopic (exact) mass is 277 g/mol. The van der Waals surface area contributed by atoms with Crippen LogP contribution in [0.4, 0.5) is 0 Å². The maximum Gasteiger partial charge on any atom is 0.205 e. The SMILES string of the molecule is COc1c(C(=O)C=C(C)N)c(O)c(OC)c2occc12. The molecule has 1 aromatic carbocycles. The lowest BCUT2D eigenvalue weighted by atomic mass is 10.0. The summed E-state index contributed by atoms with van der Waals surface area (Å²) in [5.41, 5.74) is 6.13. The molecule has 0 unspecified atom stereocenters. The first-order valence-electron chi connectivity index (χ1n) is 5.83. The molecule has 2 rings (SSSR count). The molecule has 3 N–H and O–H groups in total. The van der Waals surface area contributed by atoms with Crippen molar-refractivity contribution in [3.8, 4) is 17.2 Å². The molecule has 0 radical (unpaired) electrons. The predicted molar refractivity (Wildman–Crippen MR) is 73.3 cm³/mol. The van der Waals surface area contributed by atoms with Crippen LogP contribution in [0, 0.1) is 0 Å². The van der Waals surface area contributed by atoms with Gasteiger partial charge in [0.25, 0.3) is 0 Å². The number of hydrogen-bond donors (Lipinski definition) is 2. The number of carbonyl (C=O) groups is 1. The summed E-state index contributed by atoms with van der Waals surface area (Å²) in [6.07, 6.45) is 2.64. The van der Waals surface area contributed by atoms with Crippen LogP contribution in [0.2, 0.25) is 0 Å². The van der Waals surface area contributed by atoms with Gasteiger partial charge in [-0.3, -0.25) is 4.79 Å². The molecular weight excluding hydrogens is 262 g/mol. The lowest BCUT2D eigenvalue weighted by Crippen LogP contribution is -2.04. The smallest absolute Gasteiger partial charge is 0.205 e. The molecule has 2 aromatic rings. The lowest BCUT2D eigenvalue weighted by Gasteiger charge is -2.13. The van der Waals surface area contributed by atoms with Crippen molar-refractivity contribution in [2.24, 2.45) is 5.73 Å². The molecule has 0 aliphatic carbocycles. The van der Waals surface area contributed by atoms with Gasteiger partial charge in [0.05, 0.1) is 25.9 Å². The van der Waals surface area contributed by atoms with Crippen LogP contribution >= 0.6 is 0 Å². The van der Waals surface area contributed by atoms with Gasteiger partial charge in [-0.2, -0.15) is 0 Å². The van der Waals surface area contributed by atoms with Gasteiger partial charge in [-0.05, 0) is 13.0 Å². The summed E-state index contributed by atoms with van der Waals surface area (Å²) in [6, 6.07) is 1.63. The number of furan rings is 1. The number of aromatic hydroxyl groups is 1. The number of ketones is 1. The number of phenolic OH excluding ortho intramolecular Hbond substituents is 1. The summed E-state index contributed by atoms with van der Waals surface area (Å²) in [7, 11) is 2.78. The third-order valence-corrected chi connectivity index (χ3v) is 2.81. The Balaban J connectivity index is 2.84. The second-order valence-corrected chi connectivity index (χ2v) is 4.21. The van der Waals surface area contributed by atoms with Gasteiger partial charge in [0.15, 0.2) is 17.1 Å². The number of hydrogen-bond acceptors (Lipinski definition) is 6. The molecule has 6 nitrogen and oxygen atoms in total. The highest BCUT2D eigenvalue weighted by molar-refractivity contribution is 6.13. The third kappa shape index (κ3) is 2.05. The zero-order valence-corrected chi connectivity index (χ0v) is 11.4. The van der Waals surface area contributed by atoms with E-state index in [1.165, 1.54) is 26.6 Å². The molecule has 1 aromatic heterocycles. The van der Waals surface area contributed by atoms with Crippen LogP contribution in [0.5, 0.6) is 17.2 Å². The average Bonchev–Trinajstić information content (AvgIpc) is 2.85. The fourth-order valence-electron chi connectivity index (χ4n) is 2.04. The van der Waals surface area contributed by atoms with Gasteiger partial charge in [-0.1, -0.05) is 0 Å². The van der Waals surface area contributed by atoms with Crippen molar-refractivity contribution in [1.82, 2.24) is 0 Å². The van der Waals surface area contributed by atoms with Crippen LogP contribution in [0.3, 0.4) is 0 Å². The molecule has 20 heavy (non-hydrogen) atoms. The van der Waals surface area contributed by atoms with Gasteiger partial charge in [0, 0.05) is 11.8 Å². The minimum atomic E-state index is -0.472. The summed E-state index contributed by atoms with van der Waals surface area (Å²) in [6.45, 7) is 1.58. The number of rotatable bonds is 4. The van der Waals surface area contributed by atoms with Gasteiger partial charge in [-0.25, -0.2) is 0 Å². The molecule has 0 aliphatic heterocycles. The molecule has 0 spiro atoms. The van der Waals surface area contributed by atoms with Crippen LogP contribution in [0.15, 0.2) is 28.5 Å². The van der Waals surface area contributed by atoms with Crippen molar-refractivity contribution in [1.29, 1.82) is 0 Å². The van der Waals surface area contributed by atoms with E-state index in [0.29, 0.717) is 16.7 Å². The fraction of sp³-hybridized carbons (Fsp3) is 0.214. The first-order chi connectivity index (χ1) is 9.51. The van der Waals surface area contributed by atoms with Gasteiger partial charge < -0.3 is 24.7 Å². The van der Waals surface area contributed by atoms with Gasteiger partial charge in [0.2, 0.25) is 5.75 Å². The third-order valence-electron chi connectivity index (χ3n) is 2.81. The highest BCUT2D eigenvalue weighted by atomic mass is 16.5. The highest BCUT2D eigenvalue weighted by Gasteiger charge is 2.26. The summed E-state index contributed by atoms with van der Waals surface area (Å²) < 4.78 is 15.6. The Bertz CT molecular complexity index is 695. The highest BCUT2D eigenvalue weighted by Crippen LogP contribution is 2.45. The summed E-state index contributed by atoms with van der Waals surface area (Å²) in [5.74, 6) is -0.512. The molecule has 0 amide bonds. The van der Waals surface area contributed by atoms with Crippen molar-refractivity contribution >= 4 is 16.8 Å². The van der Waals surface area contributed by atoms with E-state index in [4.69, 9.17) is 19.6 Å². The van der Waals surface area contributed by atoms with Crippen molar-refractivity contribution in [3.05, 3.63) is 29.7 Å². The number of phenols is 1. The van der Waals surface area contributed by atoms with E-state index in [2.05, 4.69) is 0 Å². The van der Waals surface area contributed by atoms with Crippen molar-refractivity contribution in [3.63, 3.8) is 0 Å². The van der Waals surface area contributed by atoms with Crippen LogP contribution in [-0.4, -0.2) is 25.1 Å². The first-order valence-corrected chi connectivity index (χ1v) is 5.83. The van der Waals surface area contributed by atoms with Crippen molar-refractivity contribution in [2.75, 3.05) is 14.2 Å². The van der Waals surface area contributed by atoms with E-state index < -0.39 is 5.78 Å². The number of ether oxygens (including phenoxy) is 2. The normalized spacial score (nSPS) is 11.7. The Hall–Kier alpha value is -2.63. The van der Waals surface area contributed by atoms with E-state index in [1.54, 1.807) is 13.0 Å². The lowest BCUT2D eigenvalue weighted by molar-refractivity contribution is 0.104. The Morgan fingerprint density at radius 2 is 2.00 bits per heavy atom. The Morgan fingerprint density at radius 1 is 1.35 bits per heavy atom. The molecule has 0 saturated carbocycles. The molecular formula is C14H15NO5. The average molecular weight is 277 g/mol. The molecule has 0 fully saturated rings. The predicted octanol–water partition coefficient (Wildman–Crippen LogP) is 2.20. The Kier molecular flexibility index (Phi) is 3.56. The number of benzene rings is 1. The molecule has 0 atom stereocenters. The number of carbonyl (C=O) groups excluding carboxylic acids is 1. The molecule has 106 valence electrons. The van der Waals surface area contributed by atoms with Crippen LogP contribution in [0.1, 0.15) is 17.3 Å². The maximum atomic E-state index is 12.2. The molecule has 6 heteroatoms. The van der Waals surface area contributed by atoms with E-state index >= 15 is 0 Å². The minimum absolute atomic E-state index is 0.0111. The topological polar surface area (TPSA) is 94.9 Å². The summed E-state index contributed by atoms with van der Waals surface area (Å²) in [5, 5.41) is 10.8. The summed E-state index contributed by atoms with van der Waals surface area (Å²) in [4.78, 5) is 12.2. The van der Waals surface area contributed by atoms with Crippen LogP contribution in [0.25, 0.3) is 11.0 Å². The van der Waals surface area contributed by atoms with E-state index in [9.17, 15) is 9.90 Å². The quantitative estimate of drug-likeness (QED) is 0.657. The Morgan fingerprint density at radius 3 is 2.55 bits per heavy atom. The van der Waals surface area contributed by atoms with Gasteiger partial charge >= 0.3 is 0 Å². The number of methoxy groups -OCH3 is 2. The second-order valence-electron chi connectivity index (χ2n) is 4.21. The Labute approximate surface area is 115 Å². The summed E-state index contributed by atoms with van der Waals surface area (Å²) >= 11 is 0. The van der Waals surface area contributed by atoms with E-state index in [0.717, 1.165) is 0 Å². The van der Waals surface area contributed by atoms with E-state index in [-0.39, 0.29) is 22.8 Å². The zero-order valence-electron chi connectivity index (χ0n) is 11.4. The fourth-order valence-corrected chi connectivity index (χ4v) is 2.04. The van der Waals surface area contributed by atoms with E-state index in [1.807, 2.05) is 0 Å². The number of allylic oxidation sites excluding steroid dienone is 2. The maximum absolute atomic E-state index is 12.2. The number of fused-ring (bicyclic) bond motifs is 1. The molecule has 0 saturated heterocycles. The van der Waals surface area contributed by atoms with Gasteiger partial charge in [0.1, 0.15) is 11.3 Å². The minimum Gasteiger partial charge on any atom is -0.504 e. The van der Waals surface area contributed by atoms with Crippen LogP contribution < -0.4 is 15.2 Å². The first kappa shape index (κ1) is 13.8. The largest absolute Gasteiger partial charge is 0.504 e. The number of nitrogens with two attached hydrogens (primary N) is 1. The second kappa shape index (κ2) is 5.16. The standard InChI is InChI=1S/C14H15NO5/c1-7(15)6-9(16)10-11(17)14(19-3)13-8(4-5-20-13)12(10)18-2/h4-6,17H,15H2,1-3H3. The zero-order chi connectivity index (χ0) is 14.9. The molecule has 0 aliphatic rings. The molecule has 1 heterocycles. The van der Waals surface area contributed by atoms with Crippen molar-refractivity contribution in [2.45, 2.75) is 6.92 Å². The van der Waals surface area contributed by atoms with Crippen LogP contribution in [-0.2, 0) is 0 Å². The van der Waals surface area contributed by atoms with Crippen molar-refractivity contribution < 1.29 is 23.8 Å². The molecule has 0 bridgehead atoms.